The molecule has 336 valence electrons. The van der Waals surface area contributed by atoms with Gasteiger partial charge in [0.15, 0.2) is 0 Å². The molecule has 0 heterocycles. The third-order valence-corrected chi connectivity index (χ3v) is 11.0. The molecule has 4 amide bonds. The van der Waals surface area contributed by atoms with Crippen LogP contribution in [-0.4, -0.2) is 93.4 Å². The summed E-state index contributed by atoms with van der Waals surface area (Å²) < 4.78 is 21.2. The standard InChI is InChI=1S/C47H59N7O8S/c1-35(55)51-41(22-14-15-27-49-45(58)62-46(2,3)4)43(56)53-42(44(57)52-39-23-25-40(26-24-39)61-33-32-60-31-30-59-29-28-50-54-48)34-63-47(36-16-8-5-9-17-36,37-18-10-6-11-19-37)38-20-12-7-13-21-38/h5-13,16-21,23-26,41-42H,14-15,22,27-34H2,1-4H3,(H,49,58)(H,51,55)(H,52,57)(H,53,56)/t41-,42-/m0/s1. The van der Waals surface area contributed by atoms with E-state index in [0.29, 0.717) is 57.3 Å². The molecule has 15 nitrogen and oxygen atoms in total. The molecule has 4 rings (SSSR count). The number of ether oxygens (including phenoxy) is 4. The number of unbranched alkanes of at least 4 members (excludes halogenated alkanes) is 1. The van der Waals surface area contributed by atoms with E-state index in [2.05, 4.69) is 67.7 Å². The first-order valence-electron chi connectivity index (χ1n) is 21.0. The Balaban J connectivity index is 1.52. The summed E-state index contributed by atoms with van der Waals surface area (Å²) in [5, 5.41) is 14.9. The van der Waals surface area contributed by atoms with Gasteiger partial charge in [0.05, 0.1) is 31.2 Å². The number of azide groups is 1. The Morgan fingerprint density at radius 1 is 0.698 bits per heavy atom. The van der Waals surface area contributed by atoms with Crippen molar-refractivity contribution in [1.82, 2.24) is 16.0 Å². The number of nitrogens with zero attached hydrogens (tertiary/aromatic N) is 3. The molecule has 0 fully saturated rings. The smallest absolute Gasteiger partial charge is 0.407 e. The molecular formula is C47H59N7O8S. The normalized spacial score (nSPS) is 12.2. The Bertz CT molecular complexity index is 1950. The Morgan fingerprint density at radius 3 is 1.79 bits per heavy atom. The van der Waals surface area contributed by atoms with E-state index in [4.69, 9.17) is 24.5 Å². The zero-order valence-electron chi connectivity index (χ0n) is 36.4. The van der Waals surface area contributed by atoms with Crippen LogP contribution in [0, 0.1) is 0 Å². The van der Waals surface area contributed by atoms with Gasteiger partial charge in [-0.2, -0.15) is 0 Å². The van der Waals surface area contributed by atoms with Crippen molar-refractivity contribution in [1.29, 1.82) is 0 Å². The first kappa shape index (κ1) is 49.6. The predicted molar refractivity (Wildman–Crippen MR) is 246 cm³/mol. The average Bonchev–Trinajstić information content (AvgIpc) is 3.27. The van der Waals surface area contributed by atoms with Gasteiger partial charge in [0, 0.05) is 36.4 Å². The molecular weight excluding hydrogens is 823 g/mol. The van der Waals surface area contributed by atoms with Crippen molar-refractivity contribution in [3.8, 4) is 5.75 Å². The van der Waals surface area contributed by atoms with Gasteiger partial charge in [-0.15, -0.1) is 11.8 Å². The number of anilines is 1. The number of thioether (sulfide) groups is 1. The molecule has 4 N–H and O–H groups in total. The molecule has 16 heteroatoms. The SMILES string of the molecule is CC(=O)N[C@@H](CCCCNC(=O)OC(C)(C)C)C(=O)N[C@@H](CSC(c1ccccc1)(c1ccccc1)c1ccccc1)C(=O)Nc1ccc(OCCOCCOCCN=[N+]=[N-])cc1. The van der Waals surface area contributed by atoms with E-state index < -0.39 is 46.2 Å². The fourth-order valence-electron chi connectivity index (χ4n) is 6.48. The van der Waals surface area contributed by atoms with Crippen LogP contribution in [0.4, 0.5) is 10.5 Å². The van der Waals surface area contributed by atoms with Crippen molar-refractivity contribution in [2.45, 2.75) is 69.4 Å². The van der Waals surface area contributed by atoms with Gasteiger partial charge in [-0.25, -0.2) is 4.79 Å². The van der Waals surface area contributed by atoms with Gasteiger partial charge in [-0.3, -0.25) is 14.4 Å². The van der Waals surface area contributed by atoms with Crippen molar-refractivity contribution in [2.24, 2.45) is 5.11 Å². The highest BCUT2D eigenvalue weighted by Crippen LogP contribution is 2.48. The van der Waals surface area contributed by atoms with Crippen molar-refractivity contribution in [3.05, 3.63) is 142 Å². The summed E-state index contributed by atoms with van der Waals surface area (Å²) in [5.74, 6) is -0.647. The fraction of sp³-hybridized carbons (Fsp3) is 0.404. The third-order valence-electron chi connectivity index (χ3n) is 9.31. The maximum atomic E-state index is 14.4. The lowest BCUT2D eigenvalue weighted by atomic mass is 9.84. The van der Waals surface area contributed by atoms with Crippen LogP contribution in [0.5, 0.6) is 5.75 Å². The summed E-state index contributed by atoms with van der Waals surface area (Å²) in [6.45, 7) is 8.94. The molecule has 2 atom stereocenters. The van der Waals surface area contributed by atoms with E-state index in [9.17, 15) is 19.2 Å². The summed E-state index contributed by atoms with van der Waals surface area (Å²) in [6, 6.07) is 35.0. The van der Waals surface area contributed by atoms with Gasteiger partial charge in [0.2, 0.25) is 17.7 Å². The van der Waals surface area contributed by atoms with E-state index in [-0.39, 0.29) is 25.3 Å². The number of benzene rings is 4. The van der Waals surface area contributed by atoms with E-state index in [1.54, 1.807) is 45.0 Å². The van der Waals surface area contributed by atoms with E-state index >= 15 is 0 Å². The zero-order chi connectivity index (χ0) is 45.3. The summed E-state index contributed by atoms with van der Waals surface area (Å²) in [5.41, 5.74) is 11.1. The topological polar surface area (TPSA) is 202 Å². The summed E-state index contributed by atoms with van der Waals surface area (Å²) >= 11 is 1.52. The Morgan fingerprint density at radius 2 is 1.25 bits per heavy atom. The van der Waals surface area contributed by atoms with Crippen LogP contribution >= 0.6 is 11.8 Å². The Labute approximate surface area is 374 Å². The molecule has 0 aliphatic rings. The maximum Gasteiger partial charge on any atom is 0.407 e. The summed E-state index contributed by atoms with van der Waals surface area (Å²) in [6.07, 6.45) is 0.756. The molecule has 0 aliphatic carbocycles. The van der Waals surface area contributed by atoms with Crippen LogP contribution < -0.4 is 26.0 Å². The number of hydrogen-bond acceptors (Lipinski definition) is 10. The molecule has 0 radical (unpaired) electrons. The van der Waals surface area contributed by atoms with Crippen molar-refractivity contribution in [2.75, 3.05) is 57.2 Å². The maximum absolute atomic E-state index is 14.4. The number of carbonyl (C=O) groups excluding carboxylic acids is 4. The van der Waals surface area contributed by atoms with Crippen LogP contribution in [0.1, 0.15) is 63.6 Å². The van der Waals surface area contributed by atoms with Gasteiger partial charge in [0.1, 0.15) is 30.0 Å². The molecule has 0 saturated heterocycles. The molecule has 0 unspecified atom stereocenters. The Hall–Kier alpha value is -6.06. The third kappa shape index (κ3) is 17.3. The predicted octanol–water partition coefficient (Wildman–Crippen LogP) is 7.76. The van der Waals surface area contributed by atoms with Crippen LogP contribution in [0.15, 0.2) is 120 Å². The summed E-state index contributed by atoms with van der Waals surface area (Å²) in [7, 11) is 0. The number of nitrogens with one attached hydrogen (secondary N) is 4. The van der Waals surface area contributed by atoms with Crippen LogP contribution in [0.2, 0.25) is 0 Å². The lowest BCUT2D eigenvalue weighted by molar-refractivity contribution is -0.130. The highest BCUT2D eigenvalue weighted by molar-refractivity contribution is 8.00. The quantitative estimate of drug-likeness (QED) is 0.0160. The average molecular weight is 882 g/mol. The van der Waals surface area contributed by atoms with Crippen LogP contribution in [0.25, 0.3) is 10.4 Å². The molecule has 4 aromatic rings. The van der Waals surface area contributed by atoms with Gasteiger partial charge < -0.3 is 40.2 Å². The largest absolute Gasteiger partial charge is 0.491 e. The number of amides is 4. The van der Waals surface area contributed by atoms with Gasteiger partial charge in [-0.1, -0.05) is 96.1 Å². The van der Waals surface area contributed by atoms with Crippen molar-refractivity contribution < 1.29 is 38.1 Å². The second kappa shape index (κ2) is 26.4. The molecule has 0 saturated carbocycles. The Kier molecular flexibility index (Phi) is 20.8. The summed E-state index contributed by atoms with van der Waals surface area (Å²) in [4.78, 5) is 55.7. The number of alkyl carbamates (subject to hydrolysis) is 1. The highest BCUT2D eigenvalue weighted by Gasteiger charge is 2.39. The molecule has 4 aromatic carbocycles. The lowest BCUT2D eigenvalue weighted by Gasteiger charge is -2.36. The fourth-order valence-corrected chi connectivity index (χ4v) is 8.04. The van der Waals surface area contributed by atoms with E-state index in [1.807, 2.05) is 54.6 Å². The molecule has 0 aromatic heterocycles. The highest BCUT2D eigenvalue weighted by atomic mass is 32.2. The lowest BCUT2D eigenvalue weighted by Crippen LogP contribution is -2.53. The molecule has 0 bridgehead atoms. The minimum atomic E-state index is -1.06. The number of carbonyl (C=O) groups is 4. The van der Waals surface area contributed by atoms with Gasteiger partial charge in [-0.05, 0) is 86.5 Å². The molecule has 0 aliphatic heterocycles. The first-order valence-corrected chi connectivity index (χ1v) is 21.9. The van der Waals surface area contributed by atoms with Crippen LogP contribution in [0.3, 0.4) is 0 Å². The van der Waals surface area contributed by atoms with Gasteiger partial charge in [0.25, 0.3) is 0 Å². The van der Waals surface area contributed by atoms with Gasteiger partial charge >= 0.3 is 6.09 Å². The molecule has 0 spiro atoms. The monoisotopic (exact) mass is 881 g/mol. The van der Waals surface area contributed by atoms with E-state index in [0.717, 1.165) is 16.7 Å². The number of rotatable bonds is 26. The minimum Gasteiger partial charge on any atom is -0.491 e. The second-order valence-corrected chi connectivity index (χ2v) is 16.6. The van der Waals surface area contributed by atoms with Crippen molar-refractivity contribution >= 4 is 41.3 Å². The molecule has 63 heavy (non-hydrogen) atoms. The first-order chi connectivity index (χ1) is 30.4. The minimum absolute atomic E-state index is 0.142. The van der Waals surface area contributed by atoms with E-state index in [1.165, 1.54) is 18.7 Å². The second-order valence-electron chi connectivity index (χ2n) is 15.4. The zero-order valence-corrected chi connectivity index (χ0v) is 37.2. The number of hydrogen-bond donors (Lipinski definition) is 4. The van der Waals surface area contributed by atoms with Crippen LogP contribution in [-0.2, 0) is 33.3 Å². The van der Waals surface area contributed by atoms with Crippen molar-refractivity contribution in [3.63, 3.8) is 0 Å².